The molecule has 2 fully saturated rings. The first-order chi connectivity index (χ1) is 31.6. The molecule has 2 aliphatic rings. The third kappa shape index (κ3) is 16.2. The van der Waals surface area contributed by atoms with Gasteiger partial charge in [-0.15, -0.1) is 12.3 Å². The van der Waals surface area contributed by atoms with E-state index in [0.717, 1.165) is 16.7 Å². The van der Waals surface area contributed by atoms with Crippen molar-refractivity contribution in [1.29, 1.82) is 0 Å². The number of benzene rings is 3. The van der Waals surface area contributed by atoms with Gasteiger partial charge in [0.15, 0.2) is 12.3 Å². The normalized spacial score (nSPS) is 18.2. The first kappa shape index (κ1) is 51.1. The minimum Gasteiger partial charge on any atom is -0.427 e. The van der Waals surface area contributed by atoms with Crippen molar-refractivity contribution in [3.63, 3.8) is 0 Å². The van der Waals surface area contributed by atoms with E-state index in [0.29, 0.717) is 62.3 Å². The number of carbonyl (C=O) groups excluding carboxylic acids is 6. The highest BCUT2D eigenvalue weighted by Gasteiger charge is 2.50. The van der Waals surface area contributed by atoms with Gasteiger partial charge in [-0.25, -0.2) is 0 Å². The van der Waals surface area contributed by atoms with E-state index in [1.165, 1.54) is 0 Å². The standard InChI is InChI=1S/C52H67N5O9/c1-7-8-19-47(59)66-41-23-20-40(21-24-41)33-57(26-28-64-29-27-57)34-46(58)53-42(25-22-38-15-11-9-12-16-38)49(61)55-44(31-37(4)5)50(62)56-45(32-39-17-13-10-14-18-39)51(63)54-43(30-36(2)3)48(60)52(6)35-65-52/h1,9-18,20-21,23-24,36-37,42-45H,8,19,22,25-35H2,2-6H3,(H3-,53,54,55,56,58,61,62,63)/p+1/t42-,43-,44-,45-,52-/m0/s1. The molecule has 2 heterocycles. The van der Waals surface area contributed by atoms with Crippen molar-refractivity contribution >= 4 is 35.4 Å². The molecular formula is C52H68N5O9+. The van der Waals surface area contributed by atoms with Crippen molar-refractivity contribution in [3.8, 4) is 18.1 Å². The lowest BCUT2D eigenvalue weighted by atomic mass is 9.93. The number of amides is 4. The van der Waals surface area contributed by atoms with Crippen LogP contribution in [0.5, 0.6) is 5.75 Å². The first-order valence-electron chi connectivity index (χ1n) is 23.2. The van der Waals surface area contributed by atoms with Crippen molar-refractivity contribution in [2.45, 2.75) is 116 Å². The van der Waals surface area contributed by atoms with Crippen molar-refractivity contribution in [3.05, 3.63) is 102 Å². The summed E-state index contributed by atoms with van der Waals surface area (Å²) in [7, 11) is 0. The minimum absolute atomic E-state index is 0.0348. The Hall–Kier alpha value is -5.88. The van der Waals surface area contributed by atoms with Crippen LogP contribution in [0.15, 0.2) is 84.9 Å². The summed E-state index contributed by atoms with van der Waals surface area (Å²) in [4.78, 5) is 82.8. The molecule has 14 nitrogen and oxygen atoms in total. The molecule has 0 bridgehead atoms. The summed E-state index contributed by atoms with van der Waals surface area (Å²) >= 11 is 0. The van der Waals surface area contributed by atoms with Crippen LogP contribution in [-0.4, -0.2) is 109 Å². The Morgan fingerprint density at radius 2 is 1.26 bits per heavy atom. The number of rotatable bonds is 25. The van der Waals surface area contributed by atoms with Gasteiger partial charge >= 0.3 is 5.97 Å². The number of esters is 1. The second kappa shape index (κ2) is 24.6. The molecule has 2 aliphatic heterocycles. The fourth-order valence-electron chi connectivity index (χ4n) is 8.18. The Morgan fingerprint density at radius 1 is 0.712 bits per heavy atom. The molecule has 2 saturated heterocycles. The molecule has 66 heavy (non-hydrogen) atoms. The van der Waals surface area contributed by atoms with Gasteiger partial charge in [0, 0.05) is 18.4 Å². The van der Waals surface area contributed by atoms with Gasteiger partial charge in [-0.3, -0.25) is 28.8 Å². The quantitative estimate of drug-likeness (QED) is 0.0310. The van der Waals surface area contributed by atoms with E-state index < -0.39 is 53.5 Å². The monoisotopic (exact) mass is 907 g/mol. The van der Waals surface area contributed by atoms with E-state index in [1.54, 1.807) is 19.1 Å². The fourth-order valence-corrected chi connectivity index (χ4v) is 8.18. The summed E-state index contributed by atoms with van der Waals surface area (Å²) in [5.41, 5.74) is 1.75. The number of aryl methyl sites for hydroxylation is 1. The van der Waals surface area contributed by atoms with Crippen molar-refractivity contribution < 1.29 is 47.5 Å². The van der Waals surface area contributed by atoms with Gasteiger partial charge in [0.05, 0.1) is 32.3 Å². The lowest BCUT2D eigenvalue weighted by Crippen LogP contribution is -2.61. The van der Waals surface area contributed by atoms with E-state index in [-0.39, 0.29) is 62.4 Å². The van der Waals surface area contributed by atoms with E-state index in [1.807, 2.05) is 100 Å². The molecular weight excluding hydrogens is 839 g/mol. The number of ether oxygens (including phenoxy) is 3. The van der Waals surface area contributed by atoms with Crippen LogP contribution in [0.2, 0.25) is 0 Å². The molecule has 0 aromatic heterocycles. The molecule has 3 aromatic carbocycles. The van der Waals surface area contributed by atoms with Gasteiger partial charge in [-0.1, -0.05) is 88.4 Å². The van der Waals surface area contributed by atoms with E-state index in [4.69, 9.17) is 20.6 Å². The lowest BCUT2D eigenvalue weighted by molar-refractivity contribution is -0.940. The molecule has 4 amide bonds. The highest BCUT2D eigenvalue weighted by Crippen LogP contribution is 2.30. The second-order valence-electron chi connectivity index (χ2n) is 18.7. The SMILES string of the molecule is C#CCCC(=O)Oc1ccc(C[N+]2(CC(=O)N[C@@H](CCc3ccccc3)C(=O)N[C@@H](CC(C)C)C(=O)N[C@@H](Cc3ccccc3)C(=O)N[C@@H](CC(C)C)C(=O)[C@]3(C)CO3)CCOCC2)cc1. The summed E-state index contributed by atoms with van der Waals surface area (Å²) in [5.74, 6) is 0.338. The molecule has 0 spiro atoms. The van der Waals surface area contributed by atoms with Gasteiger partial charge < -0.3 is 40.0 Å². The topological polar surface area (TPSA) is 182 Å². The van der Waals surface area contributed by atoms with Crippen molar-refractivity contribution in [2.75, 3.05) is 39.5 Å². The Balaban J connectivity index is 1.33. The summed E-state index contributed by atoms with van der Waals surface area (Å²) < 4.78 is 16.9. The highest BCUT2D eigenvalue weighted by molar-refractivity contribution is 5.98. The molecule has 354 valence electrons. The average molecular weight is 907 g/mol. The zero-order valence-corrected chi connectivity index (χ0v) is 39.1. The van der Waals surface area contributed by atoms with Crippen LogP contribution >= 0.6 is 0 Å². The number of hydrogen-bond acceptors (Lipinski definition) is 9. The summed E-state index contributed by atoms with van der Waals surface area (Å²) in [6, 6.07) is 22.2. The number of ketones is 1. The largest absolute Gasteiger partial charge is 0.427 e. The number of morpholine rings is 1. The number of carbonyl (C=O) groups is 6. The van der Waals surface area contributed by atoms with Crippen molar-refractivity contribution in [1.82, 2.24) is 21.3 Å². The molecule has 5 rings (SSSR count). The zero-order chi connectivity index (χ0) is 47.7. The maximum absolute atomic E-state index is 14.5. The third-order valence-corrected chi connectivity index (χ3v) is 12.0. The third-order valence-electron chi connectivity index (χ3n) is 12.0. The number of nitrogens with zero attached hydrogens (tertiary/aromatic N) is 1. The van der Waals surface area contributed by atoms with Gasteiger partial charge in [0.25, 0.3) is 5.91 Å². The van der Waals surface area contributed by atoms with Crippen LogP contribution < -0.4 is 26.0 Å². The maximum Gasteiger partial charge on any atom is 0.312 e. The molecule has 3 aromatic rings. The van der Waals surface area contributed by atoms with Crippen LogP contribution in [0.25, 0.3) is 0 Å². The predicted octanol–water partition coefficient (Wildman–Crippen LogP) is 4.62. The summed E-state index contributed by atoms with van der Waals surface area (Å²) in [6.45, 7) is 12.4. The smallest absolute Gasteiger partial charge is 0.312 e. The molecule has 0 radical (unpaired) electrons. The van der Waals surface area contributed by atoms with Gasteiger partial charge in [0.1, 0.15) is 49.1 Å². The van der Waals surface area contributed by atoms with Gasteiger partial charge in [-0.05, 0) is 79.8 Å². The van der Waals surface area contributed by atoms with Crippen LogP contribution in [0.4, 0.5) is 0 Å². The Morgan fingerprint density at radius 3 is 1.85 bits per heavy atom. The molecule has 5 atom stereocenters. The number of epoxide rings is 1. The molecule has 0 aliphatic carbocycles. The average Bonchev–Trinajstić information content (AvgIpc) is 4.05. The molecule has 14 heteroatoms. The fraction of sp³-hybridized carbons (Fsp3) is 0.500. The molecule has 0 unspecified atom stereocenters. The van der Waals surface area contributed by atoms with E-state index >= 15 is 0 Å². The van der Waals surface area contributed by atoms with Crippen LogP contribution in [-0.2, 0) is 57.6 Å². The number of quaternary nitrogens is 1. The summed E-state index contributed by atoms with van der Waals surface area (Å²) in [5, 5.41) is 11.8. The zero-order valence-electron chi connectivity index (χ0n) is 39.1. The van der Waals surface area contributed by atoms with E-state index in [9.17, 15) is 28.8 Å². The Kier molecular flexibility index (Phi) is 19.0. The summed E-state index contributed by atoms with van der Waals surface area (Å²) in [6.07, 6.45) is 7.22. The number of hydrogen-bond donors (Lipinski definition) is 4. The first-order valence-corrected chi connectivity index (χ1v) is 23.2. The lowest BCUT2D eigenvalue weighted by Gasteiger charge is -2.41. The molecule has 4 N–H and O–H groups in total. The maximum atomic E-state index is 14.5. The van der Waals surface area contributed by atoms with Crippen molar-refractivity contribution in [2.24, 2.45) is 11.8 Å². The van der Waals surface area contributed by atoms with Crippen LogP contribution in [0.3, 0.4) is 0 Å². The highest BCUT2D eigenvalue weighted by atomic mass is 16.6. The van der Waals surface area contributed by atoms with Crippen LogP contribution in [0.1, 0.15) is 83.4 Å². The Labute approximate surface area is 389 Å². The predicted molar refractivity (Wildman–Crippen MR) is 250 cm³/mol. The van der Waals surface area contributed by atoms with Gasteiger partial charge in [-0.2, -0.15) is 0 Å². The van der Waals surface area contributed by atoms with Crippen LogP contribution in [0, 0.1) is 24.2 Å². The minimum atomic E-state index is -1.08. The molecule has 0 saturated carbocycles. The number of Topliss-reactive ketones (excluding diaryl/α,β-unsaturated/α-hetero) is 1. The second-order valence-corrected chi connectivity index (χ2v) is 18.7. The number of nitrogens with one attached hydrogen (secondary N) is 4. The van der Waals surface area contributed by atoms with Gasteiger partial charge in [0.2, 0.25) is 17.7 Å². The van der Waals surface area contributed by atoms with E-state index in [2.05, 4.69) is 27.2 Å². The Bertz CT molecular complexity index is 2130. The number of terminal acetylenes is 1.